The zero-order valence-electron chi connectivity index (χ0n) is 12.6. The lowest BCUT2D eigenvalue weighted by atomic mass is 9.96. The number of carbonyl (C=O) groups is 2. The lowest BCUT2D eigenvalue weighted by molar-refractivity contribution is -0.129. The first kappa shape index (κ1) is 16.0. The van der Waals surface area contributed by atoms with E-state index in [1.807, 2.05) is 0 Å². The van der Waals surface area contributed by atoms with Gasteiger partial charge in [0, 0.05) is 24.8 Å². The Balaban J connectivity index is 2.48. The van der Waals surface area contributed by atoms with Crippen LogP contribution in [0.25, 0.3) is 0 Å². The number of rotatable bonds is 4. The molecule has 0 fully saturated rings. The van der Waals surface area contributed by atoms with Crippen molar-refractivity contribution in [3.8, 4) is 0 Å². The maximum Gasteiger partial charge on any atom is 0.251 e. The van der Waals surface area contributed by atoms with Crippen molar-refractivity contribution >= 4 is 17.5 Å². The van der Waals surface area contributed by atoms with Crippen LogP contribution in [0.2, 0.25) is 0 Å². The molecule has 0 bridgehead atoms. The molecule has 0 aromatic heterocycles. The van der Waals surface area contributed by atoms with Gasteiger partial charge in [0.25, 0.3) is 5.91 Å². The topological polar surface area (TPSA) is 75.4 Å². The van der Waals surface area contributed by atoms with Crippen LogP contribution in [-0.4, -0.2) is 36.9 Å². The molecule has 0 spiro atoms. The summed E-state index contributed by atoms with van der Waals surface area (Å²) in [6.45, 7) is 6.82. The molecule has 0 unspecified atom stereocenters. The van der Waals surface area contributed by atoms with E-state index >= 15 is 0 Å². The van der Waals surface area contributed by atoms with Crippen molar-refractivity contribution in [1.29, 1.82) is 0 Å². The molecule has 0 atom stereocenters. The van der Waals surface area contributed by atoms with Crippen LogP contribution in [-0.2, 0) is 4.79 Å². The van der Waals surface area contributed by atoms with E-state index in [0.29, 0.717) is 17.8 Å². The Labute approximate surface area is 120 Å². The molecular formula is C15H23N3O2. The molecule has 0 radical (unpaired) electrons. The van der Waals surface area contributed by atoms with Gasteiger partial charge in [0.15, 0.2) is 0 Å². The maximum atomic E-state index is 11.9. The molecule has 1 aromatic carbocycles. The van der Waals surface area contributed by atoms with Crippen LogP contribution in [0, 0.1) is 5.41 Å². The number of nitrogens with two attached hydrogens (primary N) is 1. The number of likely N-dealkylation sites (N-methyl/N-ethyl adjacent to an activating group) is 1. The van der Waals surface area contributed by atoms with Gasteiger partial charge in [-0.2, -0.15) is 0 Å². The van der Waals surface area contributed by atoms with Gasteiger partial charge in [0.2, 0.25) is 5.91 Å². The van der Waals surface area contributed by atoms with Gasteiger partial charge in [-0.25, -0.2) is 0 Å². The van der Waals surface area contributed by atoms with Crippen molar-refractivity contribution < 1.29 is 9.59 Å². The summed E-state index contributed by atoms with van der Waals surface area (Å²) in [4.78, 5) is 25.4. The molecule has 0 heterocycles. The minimum Gasteiger partial charge on any atom is -0.399 e. The minimum atomic E-state index is -0.275. The number of hydrogen-bond acceptors (Lipinski definition) is 3. The van der Waals surface area contributed by atoms with Crippen molar-refractivity contribution in [2.24, 2.45) is 5.41 Å². The van der Waals surface area contributed by atoms with E-state index in [-0.39, 0.29) is 23.8 Å². The monoisotopic (exact) mass is 277 g/mol. The van der Waals surface area contributed by atoms with Gasteiger partial charge in [-0.3, -0.25) is 9.59 Å². The highest BCUT2D eigenvalue weighted by Gasteiger charge is 2.18. The fraction of sp³-hybridized carbons (Fsp3) is 0.467. The SMILES string of the molecule is CN(CC(C)(C)C)C(=O)CNC(=O)c1ccc(N)cc1. The highest BCUT2D eigenvalue weighted by atomic mass is 16.2. The number of carbonyl (C=O) groups excluding carboxylic acids is 2. The molecule has 5 nitrogen and oxygen atoms in total. The van der Waals surface area contributed by atoms with E-state index in [9.17, 15) is 9.59 Å². The molecule has 2 amide bonds. The molecule has 0 saturated heterocycles. The van der Waals surface area contributed by atoms with Crippen molar-refractivity contribution in [2.45, 2.75) is 20.8 Å². The highest BCUT2D eigenvalue weighted by Crippen LogP contribution is 2.13. The van der Waals surface area contributed by atoms with E-state index in [4.69, 9.17) is 5.73 Å². The number of anilines is 1. The van der Waals surface area contributed by atoms with Crippen LogP contribution in [0.1, 0.15) is 31.1 Å². The molecular weight excluding hydrogens is 254 g/mol. The van der Waals surface area contributed by atoms with Crippen LogP contribution in [0.15, 0.2) is 24.3 Å². The Bertz CT molecular complexity index is 475. The third-order valence-electron chi connectivity index (χ3n) is 2.71. The van der Waals surface area contributed by atoms with Crippen LogP contribution < -0.4 is 11.1 Å². The summed E-state index contributed by atoms with van der Waals surface area (Å²) >= 11 is 0. The lowest BCUT2D eigenvalue weighted by Gasteiger charge is -2.26. The Morgan fingerprint density at radius 2 is 1.75 bits per heavy atom. The van der Waals surface area contributed by atoms with E-state index < -0.39 is 0 Å². The van der Waals surface area contributed by atoms with Crippen molar-refractivity contribution in [3.63, 3.8) is 0 Å². The predicted octanol–water partition coefficient (Wildman–Crippen LogP) is 1.50. The Morgan fingerprint density at radius 1 is 1.20 bits per heavy atom. The number of nitrogens with one attached hydrogen (secondary N) is 1. The second-order valence-corrected chi connectivity index (χ2v) is 6.12. The average molecular weight is 277 g/mol. The molecule has 110 valence electrons. The minimum absolute atomic E-state index is 0.00418. The molecule has 5 heteroatoms. The quantitative estimate of drug-likeness (QED) is 0.819. The predicted molar refractivity (Wildman–Crippen MR) is 80.3 cm³/mol. The maximum absolute atomic E-state index is 11.9. The number of benzene rings is 1. The fourth-order valence-electron chi connectivity index (χ4n) is 1.83. The number of nitrogens with zero attached hydrogens (tertiary/aromatic N) is 1. The van der Waals surface area contributed by atoms with Crippen LogP contribution in [0.3, 0.4) is 0 Å². The first-order valence-corrected chi connectivity index (χ1v) is 6.57. The smallest absolute Gasteiger partial charge is 0.251 e. The summed E-state index contributed by atoms with van der Waals surface area (Å²) in [5, 5.41) is 2.61. The normalized spacial score (nSPS) is 11.0. The van der Waals surface area contributed by atoms with Crippen LogP contribution in [0.4, 0.5) is 5.69 Å². The first-order valence-electron chi connectivity index (χ1n) is 6.57. The lowest BCUT2D eigenvalue weighted by Crippen LogP contribution is -2.41. The highest BCUT2D eigenvalue weighted by molar-refractivity contribution is 5.96. The molecule has 20 heavy (non-hydrogen) atoms. The van der Waals surface area contributed by atoms with Crippen LogP contribution >= 0.6 is 0 Å². The van der Waals surface area contributed by atoms with Gasteiger partial charge >= 0.3 is 0 Å². The van der Waals surface area contributed by atoms with Gasteiger partial charge in [-0.05, 0) is 29.7 Å². The summed E-state index contributed by atoms with van der Waals surface area (Å²) in [6, 6.07) is 6.58. The second kappa shape index (κ2) is 6.41. The molecule has 0 aliphatic carbocycles. The average Bonchev–Trinajstić information content (AvgIpc) is 2.34. The van der Waals surface area contributed by atoms with Crippen molar-refractivity contribution in [2.75, 3.05) is 25.9 Å². The van der Waals surface area contributed by atoms with Crippen molar-refractivity contribution in [3.05, 3.63) is 29.8 Å². The molecule has 1 aromatic rings. The standard InChI is InChI=1S/C15H23N3O2/c1-15(2,3)10-18(4)13(19)9-17-14(20)11-5-7-12(16)8-6-11/h5-8H,9-10,16H2,1-4H3,(H,17,20). The number of hydrogen-bond donors (Lipinski definition) is 2. The third-order valence-corrected chi connectivity index (χ3v) is 2.71. The molecule has 1 rings (SSSR count). The largest absolute Gasteiger partial charge is 0.399 e. The summed E-state index contributed by atoms with van der Waals surface area (Å²) in [7, 11) is 1.74. The van der Waals surface area contributed by atoms with Crippen LogP contribution in [0.5, 0.6) is 0 Å². The summed E-state index contributed by atoms with van der Waals surface area (Å²) in [5.74, 6) is -0.383. The molecule has 0 aliphatic rings. The van der Waals surface area contributed by atoms with Gasteiger partial charge in [0.05, 0.1) is 6.54 Å². The Hall–Kier alpha value is -2.04. The Kier molecular flexibility index (Phi) is 5.13. The van der Waals surface area contributed by atoms with E-state index in [1.165, 1.54) is 0 Å². The fourth-order valence-corrected chi connectivity index (χ4v) is 1.83. The van der Waals surface area contributed by atoms with Gasteiger partial charge in [0.1, 0.15) is 0 Å². The third kappa shape index (κ3) is 5.30. The Morgan fingerprint density at radius 3 is 2.25 bits per heavy atom. The molecule has 3 N–H and O–H groups in total. The molecule has 0 saturated carbocycles. The van der Waals surface area contributed by atoms with E-state index in [1.54, 1.807) is 36.2 Å². The second-order valence-electron chi connectivity index (χ2n) is 6.12. The first-order chi connectivity index (χ1) is 9.19. The number of nitrogen functional groups attached to an aromatic ring is 1. The summed E-state index contributed by atoms with van der Waals surface area (Å²) in [5.41, 5.74) is 6.68. The molecule has 0 aliphatic heterocycles. The summed E-state index contributed by atoms with van der Waals surface area (Å²) < 4.78 is 0. The van der Waals surface area contributed by atoms with E-state index in [0.717, 1.165) is 0 Å². The van der Waals surface area contributed by atoms with Gasteiger partial charge < -0.3 is 16.0 Å². The van der Waals surface area contributed by atoms with Crippen molar-refractivity contribution in [1.82, 2.24) is 10.2 Å². The van der Waals surface area contributed by atoms with Gasteiger partial charge in [-0.15, -0.1) is 0 Å². The zero-order chi connectivity index (χ0) is 15.3. The summed E-state index contributed by atoms with van der Waals surface area (Å²) in [6.07, 6.45) is 0. The number of amides is 2. The zero-order valence-corrected chi connectivity index (χ0v) is 12.6. The van der Waals surface area contributed by atoms with Gasteiger partial charge in [-0.1, -0.05) is 20.8 Å². The van der Waals surface area contributed by atoms with E-state index in [2.05, 4.69) is 26.1 Å².